The molecular weight excluding hydrogens is 586 g/mol. The molecule has 0 unspecified atom stereocenters. The molecule has 0 aliphatic rings. The second kappa shape index (κ2) is 13.5. The highest BCUT2D eigenvalue weighted by molar-refractivity contribution is 8.13. The van der Waals surface area contributed by atoms with Gasteiger partial charge in [0.25, 0.3) is 0 Å². The van der Waals surface area contributed by atoms with E-state index in [1.807, 2.05) is 36.0 Å². The minimum absolute atomic E-state index is 0.257. The molecule has 0 spiro atoms. The van der Waals surface area contributed by atoms with Gasteiger partial charge in [0.1, 0.15) is 0 Å². The van der Waals surface area contributed by atoms with Crippen molar-refractivity contribution in [3.63, 3.8) is 0 Å². The average Bonchev–Trinajstić information content (AvgIpc) is 2.80. The molecule has 0 atom stereocenters. The Hall–Kier alpha value is -3.54. The highest BCUT2D eigenvalue weighted by Crippen LogP contribution is 2.36. The number of benzene rings is 1. The molecule has 2 aromatic rings. The van der Waals surface area contributed by atoms with Crippen molar-refractivity contribution in [2.24, 2.45) is 4.99 Å². The Kier molecular flexibility index (Phi) is 11.6. The maximum absolute atomic E-state index is 11.8. The number of isocyanates is 1. The molecule has 0 radical (unpaired) electrons. The van der Waals surface area contributed by atoms with E-state index in [1.165, 1.54) is 11.6 Å². The number of nitrogens with zero attached hydrogens (tertiary/aromatic N) is 3. The molecule has 1 amide bonds. The Labute approximate surface area is 218 Å². The Balaban J connectivity index is 0.000000439. The molecule has 1 N–H and O–H groups in total. The highest BCUT2D eigenvalue weighted by Gasteiger charge is 2.46. The number of aliphatic imine (C=N–C) groups is 1. The van der Waals surface area contributed by atoms with E-state index in [-0.39, 0.29) is 6.61 Å². The zero-order valence-electron chi connectivity index (χ0n) is 19.9. The molecule has 1 aromatic heterocycles. The van der Waals surface area contributed by atoms with Crippen molar-refractivity contribution in [2.75, 3.05) is 11.9 Å². The number of sulfonamides is 2. The van der Waals surface area contributed by atoms with Gasteiger partial charge in [-0.2, -0.15) is 31.3 Å². The van der Waals surface area contributed by atoms with Crippen molar-refractivity contribution in [3.8, 4) is 0 Å². The van der Waals surface area contributed by atoms with E-state index in [0.29, 0.717) is 17.9 Å². The van der Waals surface area contributed by atoms with Gasteiger partial charge >= 0.3 is 17.1 Å². The zero-order valence-corrected chi connectivity index (χ0v) is 21.6. The number of hydrogen-bond donors (Lipinski definition) is 1. The normalized spacial score (nSPS) is 12.0. The first-order valence-corrected chi connectivity index (χ1v) is 13.2. The van der Waals surface area contributed by atoms with E-state index in [0.717, 1.165) is 16.1 Å². The molecule has 11 nitrogen and oxygen atoms in total. The lowest BCUT2D eigenvalue weighted by Gasteiger charge is -2.22. The predicted molar refractivity (Wildman–Crippen MR) is 123 cm³/mol. The first kappa shape index (κ1) is 33.5. The minimum atomic E-state index is -6.72. The summed E-state index contributed by atoms with van der Waals surface area (Å²) in [6.45, 7) is 4.75. The van der Waals surface area contributed by atoms with E-state index in [4.69, 9.17) is 4.74 Å². The van der Waals surface area contributed by atoms with E-state index >= 15 is 0 Å². The van der Waals surface area contributed by atoms with Crippen LogP contribution in [0.15, 0.2) is 47.7 Å². The van der Waals surface area contributed by atoms with Gasteiger partial charge in [0.05, 0.1) is 5.69 Å². The molecule has 2 rings (SSSR count). The third kappa shape index (κ3) is 10.6. The van der Waals surface area contributed by atoms with Crippen LogP contribution in [-0.2, 0) is 42.5 Å². The van der Waals surface area contributed by atoms with Crippen LogP contribution in [-0.4, -0.2) is 46.6 Å². The van der Waals surface area contributed by atoms with Crippen LogP contribution in [0.1, 0.15) is 18.1 Å². The number of aromatic nitrogens is 1. The van der Waals surface area contributed by atoms with Gasteiger partial charge in [-0.15, -0.1) is 0 Å². The topological polar surface area (TPSA) is 154 Å². The molecule has 0 aliphatic carbocycles. The fourth-order valence-corrected chi connectivity index (χ4v) is 4.05. The van der Waals surface area contributed by atoms with Crippen LogP contribution in [0.2, 0.25) is 0 Å². The molecule has 216 valence electrons. The van der Waals surface area contributed by atoms with Crippen molar-refractivity contribution >= 4 is 43.6 Å². The quantitative estimate of drug-likeness (QED) is 0.205. The summed E-state index contributed by atoms with van der Waals surface area (Å²) in [7, 11) is -13.4. The van der Waals surface area contributed by atoms with E-state index in [2.05, 4.69) is 17.2 Å². The number of alkyl halides is 6. The number of aryl methyl sites for hydroxylation is 2. The SMILES string of the molecule is CCc1cc[n+](CCOC(=O)Nc2ccc(C)c(N=C=O)c2)cc1.O=S(=O)([N-]S(=O)(=O)C(F)(F)F)C(F)(F)F. The standard InChI is InChI=1S/C18H19N3O3.C2F6NO4S2/c1-3-15-6-8-21(9-7-15)10-11-24-18(23)20-16-5-4-14(2)17(12-16)19-13-22;3-1(4,5)14(10,11)9-15(12,13)2(6,7)8/h4-9,12H,3,10-11H2,1-2H3;/q;-1/p+1. The Bertz CT molecular complexity index is 1360. The van der Waals surface area contributed by atoms with Crippen molar-refractivity contribution in [2.45, 2.75) is 37.8 Å². The summed E-state index contributed by atoms with van der Waals surface area (Å²) in [5, 5.41) is 2.61. The Morgan fingerprint density at radius 1 is 1.03 bits per heavy atom. The first-order valence-electron chi connectivity index (χ1n) is 10.3. The van der Waals surface area contributed by atoms with Gasteiger partial charge in [0.2, 0.25) is 6.08 Å². The van der Waals surface area contributed by atoms with Crippen molar-refractivity contribution in [1.82, 2.24) is 0 Å². The number of halogens is 6. The van der Waals surface area contributed by atoms with Crippen LogP contribution in [0.25, 0.3) is 4.13 Å². The second-order valence-corrected chi connectivity index (χ2v) is 10.6. The molecule has 1 aromatic carbocycles. The van der Waals surface area contributed by atoms with Crippen LogP contribution < -0.4 is 9.88 Å². The number of pyridine rings is 1. The summed E-state index contributed by atoms with van der Waals surface area (Å²) < 4.78 is 116. The lowest BCUT2D eigenvalue weighted by molar-refractivity contribution is -0.697. The number of carbonyl (C=O) groups is 1. The summed E-state index contributed by atoms with van der Waals surface area (Å²) in [5.41, 5.74) is -9.34. The van der Waals surface area contributed by atoms with E-state index in [1.54, 1.807) is 18.2 Å². The van der Waals surface area contributed by atoms with Crippen molar-refractivity contribution in [1.29, 1.82) is 0 Å². The summed E-state index contributed by atoms with van der Waals surface area (Å²) in [6.07, 6.45) is 5.86. The predicted octanol–water partition coefficient (Wildman–Crippen LogP) is 4.12. The van der Waals surface area contributed by atoms with Gasteiger partial charge in [-0.05, 0) is 36.6 Å². The number of carbonyl (C=O) groups excluding carboxylic acids is 2. The summed E-state index contributed by atoms with van der Waals surface area (Å²) in [6, 6.07) is 9.16. The lowest BCUT2D eigenvalue weighted by atomic mass is 10.2. The van der Waals surface area contributed by atoms with Gasteiger partial charge in [0, 0.05) is 17.8 Å². The number of rotatable bonds is 8. The average molecular weight is 607 g/mol. The molecule has 0 bridgehead atoms. The number of anilines is 1. The van der Waals surface area contributed by atoms with E-state index in [9.17, 15) is 52.8 Å². The smallest absolute Gasteiger partial charge is 0.443 e. The summed E-state index contributed by atoms with van der Waals surface area (Å²) in [4.78, 5) is 25.8. The maximum Gasteiger partial charge on any atom is 0.480 e. The monoisotopic (exact) mass is 606 g/mol. The molecule has 0 fully saturated rings. The fourth-order valence-electron chi connectivity index (χ4n) is 2.34. The number of nitrogens with one attached hydrogen (secondary N) is 1. The van der Waals surface area contributed by atoms with Crippen LogP contribution >= 0.6 is 0 Å². The molecule has 19 heteroatoms. The minimum Gasteiger partial charge on any atom is -0.443 e. The molecule has 0 saturated heterocycles. The third-order valence-electron chi connectivity index (χ3n) is 4.35. The molecule has 0 aliphatic heterocycles. The molecule has 0 saturated carbocycles. The fraction of sp³-hybridized carbons (Fsp3) is 0.350. The maximum atomic E-state index is 11.8. The Morgan fingerprint density at radius 3 is 2.03 bits per heavy atom. The third-order valence-corrected chi connectivity index (χ3v) is 7.09. The van der Waals surface area contributed by atoms with Gasteiger partial charge in [-0.1, -0.05) is 13.0 Å². The summed E-state index contributed by atoms with van der Waals surface area (Å²) in [5.74, 6) is 0. The van der Waals surface area contributed by atoms with Crippen LogP contribution in [0.4, 0.5) is 42.5 Å². The highest BCUT2D eigenvalue weighted by atomic mass is 32.3. The first-order chi connectivity index (χ1) is 17.8. The van der Waals surface area contributed by atoms with Gasteiger partial charge < -0.3 is 8.86 Å². The van der Waals surface area contributed by atoms with Crippen molar-refractivity contribution < 1.29 is 62.1 Å². The molecule has 39 heavy (non-hydrogen) atoms. The van der Waals surface area contributed by atoms with Gasteiger partial charge in [0.15, 0.2) is 45.6 Å². The molecular formula is C20H20F6N4O7S2. The Morgan fingerprint density at radius 2 is 1.56 bits per heavy atom. The largest absolute Gasteiger partial charge is 0.480 e. The van der Waals surface area contributed by atoms with Crippen LogP contribution in [0.3, 0.4) is 0 Å². The van der Waals surface area contributed by atoms with Crippen LogP contribution in [0.5, 0.6) is 0 Å². The summed E-state index contributed by atoms with van der Waals surface area (Å²) >= 11 is 0. The number of hydrogen-bond acceptors (Lipinski definition) is 8. The number of amides is 1. The van der Waals surface area contributed by atoms with Gasteiger partial charge in [-0.3, -0.25) is 5.32 Å². The van der Waals surface area contributed by atoms with Gasteiger partial charge in [-0.25, -0.2) is 31.0 Å². The molecule has 1 heterocycles. The number of ether oxygens (including phenoxy) is 1. The van der Waals surface area contributed by atoms with Crippen LogP contribution in [0, 0.1) is 6.92 Å². The van der Waals surface area contributed by atoms with Crippen molar-refractivity contribution in [3.05, 3.63) is 58.0 Å². The second-order valence-electron chi connectivity index (χ2n) is 7.18. The lowest BCUT2D eigenvalue weighted by Crippen LogP contribution is -2.36. The zero-order chi connectivity index (χ0) is 30.1. The van der Waals surface area contributed by atoms with E-state index < -0.39 is 37.2 Å².